The lowest BCUT2D eigenvalue weighted by Gasteiger charge is -2.13. The number of rotatable bonds is 7. The minimum Gasteiger partial charge on any atom is -0.382 e. The molecule has 0 aliphatic heterocycles. The average Bonchev–Trinajstić information content (AvgIpc) is 2.03. The van der Waals surface area contributed by atoms with Crippen LogP contribution in [0.1, 0.15) is 20.3 Å². The Morgan fingerprint density at radius 3 is 2.33 bits per heavy atom. The summed E-state index contributed by atoms with van der Waals surface area (Å²) in [6.07, 6.45) is 1.02. The summed E-state index contributed by atoms with van der Waals surface area (Å²) in [6, 6.07) is 0. The summed E-state index contributed by atoms with van der Waals surface area (Å²) >= 11 is 5.89. The van der Waals surface area contributed by atoms with Crippen LogP contribution in [0.2, 0.25) is 0 Å². The summed E-state index contributed by atoms with van der Waals surface area (Å²) in [4.78, 5) is 0. The molecule has 0 N–H and O–H groups in total. The molecule has 0 radical (unpaired) electrons. The first-order valence-corrected chi connectivity index (χ1v) is 4.83. The van der Waals surface area contributed by atoms with Gasteiger partial charge < -0.3 is 9.47 Å². The Labute approximate surface area is 80.2 Å². The Morgan fingerprint density at radius 1 is 1.17 bits per heavy atom. The minimum absolute atomic E-state index is 0.232. The third-order valence-corrected chi connectivity index (χ3v) is 2.36. The van der Waals surface area contributed by atoms with Crippen LogP contribution in [0.25, 0.3) is 0 Å². The molecular weight excluding hydrogens is 176 g/mol. The van der Waals surface area contributed by atoms with Crippen LogP contribution in [0, 0.1) is 5.92 Å². The van der Waals surface area contributed by atoms with E-state index in [2.05, 4.69) is 6.92 Å². The van der Waals surface area contributed by atoms with Crippen LogP contribution in [-0.2, 0) is 9.47 Å². The van der Waals surface area contributed by atoms with E-state index in [-0.39, 0.29) is 5.38 Å². The summed E-state index contributed by atoms with van der Waals surface area (Å²) in [5.74, 6) is 0.522. The van der Waals surface area contributed by atoms with Crippen LogP contribution in [-0.4, -0.2) is 32.3 Å². The van der Waals surface area contributed by atoms with Crippen molar-refractivity contribution in [2.24, 2.45) is 5.92 Å². The van der Waals surface area contributed by atoms with Gasteiger partial charge in [-0.25, -0.2) is 0 Å². The number of ether oxygens (including phenoxy) is 2. The van der Waals surface area contributed by atoms with E-state index >= 15 is 0 Å². The van der Waals surface area contributed by atoms with Gasteiger partial charge in [-0.2, -0.15) is 0 Å². The first-order chi connectivity index (χ1) is 5.68. The lowest BCUT2D eigenvalue weighted by atomic mass is 10.1. The van der Waals surface area contributed by atoms with Crippen molar-refractivity contribution in [3.8, 4) is 0 Å². The molecule has 0 bridgehead atoms. The first kappa shape index (κ1) is 12.2. The monoisotopic (exact) mass is 194 g/mol. The van der Waals surface area contributed by atoms with Gasteiger partial charge in [0, 0.05) is 19.1 Å². The van der Waals surface area contributed by atoms with Crippen molar-refractivity contribution < 1.29 is 9.47 Å². The van der Waals surface area contributed by atoms with Crippen molar-refractivity contribution in [2.45, 2.75) is 25.6 Å². The Kier molecular flexibility index (Phi) is 7.98. The molecule has 0 aliphatic rings. The molecule has 0 amide bonds. The molecule has 0 rings (SSSR count). The Balaban J connectivity index is 3.08. The van der Waals surface area contributed by atoms with E-state index in [0.717, 1.165) is 13.0 Å². The molecule has 0 aromatic carbocycles. The topological polar surface area (TPSA) is 18.5 Å². The standard InChI is InChI=1S/C9H19ClO2/c1-8(9(2)10)4-5-12-7-6-11-3/h8-9H,4-7H2,1-3H3. The molecule has 74 valence electrons. The smallest absolute Gasteiger partial charge is 0.0700 e. The molecule has 0 saturated carbocycles. The predicted octanol–water partition coefficient (Wildman–Crippen LogP) is 2.30. The maximum absolute atomic E-state index is 5.89. The van der Waals surface area contributed by atoms with Crippen molar-refractivity contribution in [1.29, 1.82) is 0 Å². The number of hydrogen-bond donors (Lipinski definition) is 0. The normalized spacial score (nSPS) is 16.0. The zero-order valence-corrected chi connectivity index (χ0v) is 8.93. The quantitative estimate of drug-likeness (QED) is 0.458. The molecule has 3 heteroatoms. The van der Waals surface area contributed by atoms with Gasteiger partial charge in [0.25, 0.3) is 0 Å². The Hall–Kier alpha value is 0.210. The van der Waals surface area contributed by atoms with E-state index in [9.17, 15) is 0 Å². The molecule has 0 aromatic heterocycles. The van der Waals surface area contributed by atoms with Gasteiger partial charge in [-0.1, -0.05) is 6.92 Å². The number of methoxy groups -OCH3 is 1. The van der Waals surface area contributed by atoms with Gasteiger partial charge in [-0.05, 0) is 19.3 Å². The fourth-order valence-electron chi connectivity index (χ4n) is 0.743. The zero-order chi connectivity index (χ0) is 9.40. The lowest BCUT2D eigenvalue weighted by molar-refractivity contribution is 0.0645. The molecule has 2 unspecified atom stereocenters. The number of hydrogen-bond acceptors (Lipinski definition) is 2. The third kappa shape index (κ3) is 6.89. The molecule has 2 atom stereocenters. The third-order valence-electron chi connectivity index (χ3n) is 1.93. The molecule has 0 aromatic rings. The SMILES string of the molecule is COCCOCCC(C)C(C)Cl. The molecule has 12 heavy (non-hydrogen) atoms. The highest BCUT2D eigenvalue weighted by atomic mass is 35.5. The summed E-state index contributed by atoms with van der Waals surface area (Å²) < 4.78 is 10.2. The summed E-state index contributed by atoms with van der Waals surface area (Å²) in [5, 5.41) is 0.232. The highest BCUT2D eigenvalue weighted by Crippen LogP contribution is 2.12. The minimum atomic E-state index is 0.232. The number of alkyl halides is 1. The van der Waals surface area contributed by atoms with E-state index in [4.69, 9.17) is 21.1 Å². The van der Waals surface area contributed by atoms with Crippen LogP contribution in [0.15, 0.2) is 0 Å². The zero-order valence-electron chi connectivity index (χ0n) is 8.18. The molecule has 0 aliphatic carbocycles. The molecule has 0 saturated heterocycles. The van der Waals surface area contributed by atoms with E-state index < -0.39 is 0 Å². The van der Waals surface area contributed by atoms with Crippen molar-refractivity contribution in [3.05, 3.63) is 0 Å². The van der Waals surface area contributed by atoms with Crippen molar-refractivity contribution >= 4 is 11.6 Å². The maximum atomic E-state index is 5.89. The van der Waals surface area contributed by atoms with Gasteiger partial charge in [0.15, 0.2) is 0 Å². The Bertz CT molecular complexity index is 96.5. The fraction of sp³-hybridized carbons (Fsp3) is 1.00. The predicted molar refractivity (Wildman–Crippen MR) is 51.8 cm³/mol. The second kappa shape index (κ2) is 7.84. The highest BCUT2D eigenvalue weighted by molar-refractivity contribution is 6.20. The summed E-state index contributed by atoms with van der Waals surface area (Å²) in [6.45, 7) is 6.28. The highest BCUT2D eigenvalue weighted by Gasteiger charge is 2.07. The van der Waals surface area contributed by atoms with E-state index in [1.807, 2.05) is 6.92 Å². The van der Waals surface area contributed by atoms with E-state index in [1.54, 1.807) is 7.11 Å². The molecule has 0 heterocycles. The second-order valence-electron chi connectivity index (χ2n) is 3.05. The van der Waals surface area contributed by atoms with Crippen molar-refractivity contribution in [3.63, 3.8) is 0 Å². The first-order valence-electron chi connectivity index (χ1n) is 4.39. The van der Waals surface area contributed by atoms with Gasteiger partial charge in [0.2, 0.25) is 0 Å². The van der Waals surface area contributed by atoms with Crippen LogP contribution >= 0.6 is 11.6 Å². The van der Waals surface area contributed by atoms with Gasteiger partial charge in [-0.15, -0.1) is 11.6 Å². The summed E-state index contributed by atoms with van der Waals surface area (Å²) in [7, 11) is 1.67. The van der Waals surface area contributed by atoms with Crippen molar-refractivity contribution in [2.75, 3.05) is 26.9 Å². The second-order valence-corrected chi connectivity index (χ2v) is 3.74. The average molecular weight is 195 g/mol. The van der Waals surface area contributed by atoms with Gasteiger partial charge >= 0.3 is 0 Å². The molecule has 0 spiro atoms. The largest absolute Gasteiger partial charge is 0.382 e. The molecule has 2 nitrogen and oxygen atoms in total. The van der Waals surface area contributed by atoms with Crippen molar-refractivity contribution in [1.82, 2.24) is 0 Å². The van der Waals surface area contributed by atoms with E-state index in [0.29, 0.717) is 19.1 Å². The van der Waals surface area contributed by atoms with Crippen LogP contribution in [0.5, 0.6) is 0 Å². The van der Waals surface area contributed by atoms with Crippen LogP contribution in [0.4, 0.5) is 0 Å². The van der Waals surface area contributed by atoms with Crippen LogP contribution in [0.3, 0.4) is 0 Å². The molecule has 0 fully saturated rings. The fourth-order valence-corrected chi connectivity index (χ4v) is 0.869. The van der Waals surface area contributed by atoms with Gasteiger partial charge in [0.1, 0.15) is 0 Å². The van der Waals surface area contributed by atoms with E-state index in [1.165, 1.54) is 0 Å². The van der Waals surface area contributed by atoms with Gasteiger partial charge in [0.05, 0.1) is 13.2 Å². The maximum Gasteiger partial charge on any atom is 0.0700 e. The van der Waals surface area contributed by atoms with Crippen LogP contribution < -0.4 is 0 Å². The summed E-state index contributed by atoms with van der Waals surface area (Å²) in [5.41, 5.74) is 0. The Morgan fingerprint density at radius 2 is 1.83 bits per heavy atom. The number of halogens is 1. The van der Waals surface area contributed by atoms with Gasteiger partial charge in [-0.3, -0.25) is 0 Å². The lowest BCUT2D eigenvalue weighted by Crippen LogP contribution is -2.11. The molecular formula is C9H19ClO2.